The van der Waals surface area contributed by atoms with Crippen LogP contribution in [0.25, 0.3) is 0 Å². The summed E-state index contributed by atoms with van der Waals surface area (Å²) >= 11 is 0. The van der Waals surface area contributed by atoms with Gasteiger partial charge >= 0.3 is 6.03 Å². The fourth-order valence-electron chi connectivity index (χ4n) is 4.12. The van der Waals surface area contributed by atoms with Gasteiger partial charge in [-0.2, -0.15) is 5.26 Å². The molecule has 2 aromatic rings. The number of rotatable bonds is 12. The SMILES string of the molecule is COC[C@@H](C)Oc1cc(NC(=O)N2CCCc3cc(CN[C@@H](C)CO)c(C(OC)OC)nc32)ncc1C#N. The van der Waals surface area contributed by atoms with Gasteiger partial charge in [0.15, 0.2) is 0 Å². The van der Waals surface area contributed by atoms with Crippen LogP contribution in [0, 0.1) is 11.3 Å². The Bertz CT molecular complexity index is 1140. The van der Waals surface area contributed by atoms with Crippen LogP contribution in [0.3, 0.4) is 0 Å². The number of carbonyl (C=O) groups excluding carboxylic acids is 1. The number of aromatic nitrogens is 2. The van der Waals surface area contributed by atoms with Crippen molar-refractivity contribution in [2.75, 3.05) is 51.3 Å². The molecule has 0 spiro atoms. The topological polar surface area (TPSA) is 151 Å². The fourth-order valence-corrected chi connectivity index (χ4v) is 4.12. The summed E-state index contributed by atoms with van der Waals surface area (Å²) in [5, 5.41) is 24.9. The van der Waals surface area contributed by atoms with E-state index in [0.29, 0.717) is 37.0 Å². The van der Waals surface area contributed by atoms with Crippen molar-refractivity contribution in [2.24, 2.45) is 0 Å². The zero-order valence-corrected chi connectivity index (χ0v) is 22.5. The highest BCUT2D eigenvalue weighted by molar-refractivity contribution is 6.01. The van der Waals surface area contributed by atoms with E-state index < -0.39 is 12.3 Å². The van der Waals surface area contributed by atoms with E-state index in [1.165, 1.54) is 26.5 Å². The molecule has 3 rings (SSSR count). The molecule has 1 aliphatic heterocycles. The van der Waals surface area contributed by atoms with Gasteiger partial charge in [-0.1, -0.05) is 0 Å². The number of amides is 2. The smallest absolute Gasteiger partial charge is 0.328 e. The number of nitrogens with zero attached hydrogens (tertiary/aromatic N) is 4. The Kier molecular flexibility index (Phi) is 10.8. The first kappa shape index (κ1) is 29.2. The Morgan fingerprint density at radius 2 is 2.03 bits per heavy atom. The molecule has 0 radical (unpaired) electrons. The molecule has 0 aromatic carbocycles. The van der Waals surface area contributed by atoms with Crippen LogP contribution in [-0.2, 0) is 27.2 Å². The molecule has 206 valence electrons. The number of methoxy groups -OCH3 is 3. The van der Waals surface area contributed by atoms with Crippen molar-refractivity contribution < 1.29 is 28.8 Å². The molecule has 2 atom stereocenters. The van der Waals surface area contributed by atoms with Crippen molar-refractivity contribution in [3.63, 3.8) is 0 Å². The molecule has 2 amide bonds. The van der Waals surface area contributed by atoms with Crippen LogP contribution in [0.1, 0.15) is 48.9 Å². The van der Waals surface area contributed by atoms with Gasteiger partial charge in [0.1, 0.15) is 40.8 Å². The largest absolute Gasteiger partial charge is 0.487 e. The normalized spacial score (nSPS) is 14.5. The second-order valence-electron chi connectivity index (χ2n) is 9.03. The van der Waals surface area contributed by atoms with Crippen LogP contribution < -0.4 is 20.3 Å². The molecular formula is C26H36N6O6. The molecule has 12 heteroatoms. The third-order valence-electron chi connectivity index (χ3n) is 6.04. The summed E-state index contributed by atoms with van der Waals surface area (Å²) in [5.41, 5.74) is 2.58. The summed E-state index contributed by atoms with van der Waals surface area (Å²) in [6.45, 7) is 4.95. The molecule has 12 nitrogen and oxygen atoms in total. The molecule has 38 heavy (non-hydrogen) atoms. The van der Waals surface area contributed by atoms with Crippen LogP contribution in [0.2, 0.25) is 0 Å². The van der Waals surface area contributed by atoms with Crippen molar-refractivity contribution in [3.05, 3.63) is 40.7 Å². The lowest BCUT2D eigenvalue weighted by Crippen LogP contribution is -2.40. The van der Waals surface area contributed by atoms with Crippen LogP contribution in [0.4, 0.5) is 16.4 Å². The number of nitriles is 1. The fraction of sp³-hybridized carbons (Fsp3) is 0.538. The molecular weight excluding hydrogens is 492 g/mol. The number of nitrogens with one attached hydrogen (secondary N) is 2. The first-order valence-electron chi connectivity index (χ1n) is 12.4. The second-order valence-corrected chi connectivity index (χ2v) is 9.03. The maximum Gasteiger partial charge on any atom is 0.328 e. The lowest BCUT2D eigenvalue weighted by atomic mass is 10.0. The number of urea groups is 1. The Hall–Kier alpha value is -3.34. The van der Waals surface area contributed by atoms with Gasteiger partial charge in [0.2, 0.25) is 6.29 Å². The van der Waals surface area contributed by atoms with Crippen LogP contribution in [0.15, 0.2) is 18.3 Å². The summed E-state index contributed by atoms with van der Waals surface area (Å²) in [5.74, 6) is 1.06. The minimum atomic E-state index is -0.734. The van der Waals surface area contributed by atoms with Crippen molar-refractivity contribution in [1.29, 1.82) is 5.26 Å². The molecule has 0 fully saturated rings. The molecule has 0 bridgehead atoms. The van der Waals surface area contributed by atoms with Crippen molar-refractivity contribution in [1.82, 2.24) is 15.3 Å². The highest BCUT2D eigenvalue weighted by atomic mass is 16.7. The zero-order chi connectivity index (χ0) is 27.7. The van der Waals surface area contributed by atoms with E-state index in [1.807, 2.05) is 26.0 Å². The molecule has 2 aromatic heterocycles. The third kappa shape index (κ3) is 7.15. The molecule has 0 aliphatic carbocycles. The first-order chi connectivity index (χ1) is 18.3. The van der Waals surface area contributed by atoms with Gasteiger partial charge in [0, 0.05) is 46.5 Å². The van der Waals surface area contributed by atoms with Crippen molar-refractivity contribution in [2.45, 2.75) is 51.7 Å². The number of hydrogen-bond acceptors (Lipinski definition) is 10. The highest BCUT2D eigenvalue weighted by Gasteiger charge is 2.28. The lowest BCUT2D eigenvalue weighted by Gasteiger charge is -2.30. The zero-order valence-electron chi connectivity index (χ0n) is 22.5. The number of aliphatic hydroxyl groups is 1. The lowest BCUT2D eigenvalue weighted by molar-refractivity contribution is -0.109. The maximum atomic E-state index is 13.4. The van der Waals surface area contributed by atoms with Crippen LogP contribution in [0.5, 0.6) is 5.75 Å². The minimum Gasteiger partial charge on any atom is -0.487 e. The van der Waals surface area contributed by atoms with Gasteiger partial charge in [-0.25, -0.2) is 14.8 Å². The summed E-state index contributed by atoms with van der Waals surface area (Å²) < 4.78 is 21.9. The Morgan fingerprint density at radius 3 is 2.68 bits per heavy atom. The quantitative estimate of drug-likeness (QED) is 0.351. The van der Waals surface area contributed by atoms with E-state index in [1.54, 1.807) is 12.0 Å². The molecule has 0 unspecified atom stereocenters. The molecule has 3 N–H and O–H groups in total. The van der Waals surface area contributed by atoms with E-state index in [-0.39, 0.29) is 30.1 Å². The molecule has 1 aliphatic rings. The van der Waals surface area contributed by atoms with Gasteiger partial charge in [-0.3, -0.25) is 10.2 Å². The molecule has 0 saturated heterocycles. The average molecular weight is 529 g/mol. The number of aliphatic hydroxyl groups excluding tert-OH is 1. The van der Waals surface area contributed by atoms with Gasteiger partial charge in [0.05, 0.1) is 19.4 Å². The van der Waals surface area contributed by atoms with Crippen molar-refractivity contribution >= 4 is 17.7 Å². The van der Waals surface area contributed by atoms with Gasteiger partial charge < -0.3 is 29.4 Å². The second kappa shape index (κ2) is 14.0. The number of pyridine rings is 2. The van der Waals surface area contributed by atoms with E-state index in [9.17, 15) is 15.2 Å². The van der Waals surface area contributed by atoms with E-state index in [4.69, 9.17) is 23.9 Å². The summed E-state index contributed by atoms with van der Waals surface area (Å²) in [6.07, 6.45) is 1.84. The minimum absolute atomic E-state index is 0.00106. The van der Waals surface area contributed by atoms with Crippen molar-refractivity contribution in [3.8, 4) is 11.8 Å². The van der Waals surface area contributed by atoms with Crippen LogP contribution in [-0.4, -0.2) is 74.3 Å². The monoisotopic (exact) mass is 528 g/mol. The summed E-state index contributed by atoms with van der Waals surface area (Å²) in [7, 11) is 4.61. The number of aryl methyl sites for hydroxylation is 1. The summed E-state index contributed by atoms with van der Waals surface area (Å²) in [4.78, 5) is 24.0. The molecule has 3 heterocycles. The van der Waals surface area contributed by atoms with Gasteiger partial charge in [0.25, 0.3) is 0 Å². The number of anilines is 2. The van der Waals surface area contributed by atoms with Gasteiger partial charge in [-0.15, -0.1) is 0 Å². The van der Waals surface area contributed by atoms with E-state index in [2.05, 4.69) is 15.6 Å². The number of ether oxygens (including phenoxy) is 4. The predicted octanol–water partition coefficient (Wildman–Crippen LogP) is 2.51. The third-order valence-corrected chi connectivity index (χ3v) is 6.04. The van der Waals surface area contributed by atoms with E-state index in [0.717, 1.165) is 24.0 Å². The number of carbonyl (C=O) groups is 1. The first-order valence-corrected chi connectivity index (χ1v) is 12.4. The number of fused-ring (bicyclic) bond motifs is 1. The molecule has 0 saturated carbocycles. The maximum absolute atomic E-state index is 13.4. The van der Waals surface area contributed by atoms with Crippen LogP contribution >= 0.6 is 0 Å². The standard InChI is InChI=1S/C26H36N6O6/c1-16(14-33)28-12-19-9-18-7-6-8-32(24(18)31-23(19)25(36-4)37-5)26(34)30-22-10-21(20(11-27)13-29-22)38-17(2)15-35-3/h9-10,13,16-17,25,28,33H,6-8,12,14-15H2,1-5H3,(H,29,30,34)/t16-,17+/m0/s1. The Labute approximate surface area is 222 Å². The van der Waals surface area contributed by atoms with E-state index >= 15 is 0 Å². The Morgan fingerprint density at radius 1 is 1.26 bits per heavy atom. The van der Waals surface area contributed by atoms with Gasteiger partial charge in [-0.05, 0) is 43.9 Å². The Balaban J connectivity index is 1.89. The average Bonchev–Trinajstić information content (AvgIpc) is 2.92. The summed E-state index contributed by atoms with van der Waals surface area (Å²) in [6, 6.07) is 5.06. The highest BCUT2D eigenvalue weighted by Crippen LogP contribution is 2.32. The predicted molar refractivity (Wildman–Crippen MR) is 140 cm³/mol. The number of hydrogen-bond donors (Lipinski definition) is 3.